The number of ether oxygens (including phenoxy) is 2. The minimum Gasteiger partial charge on any atom is -0.493 e. The van der Waals surface area contributed by atoms with E-state index in [-0.39, 0.29) is 11.3 Å². The Morgan fingerprint density at radius 3 is 2.10 bits per heavy atom. The molecule has 20 heavy (non-hydrogen) atoms. The second kappa shape index (κ2) is 5.88. The molecule has 0 aliphatic heterocycles. The predicted molar refractivity (Wildman–Crippen MR) is 64.0 cm³/mol. The molecule has 0 saturated heterocycles. The van der Waals surface area contributed by atoms with E-state index in [1.807, 2.05) is 0 Å². The molecule has 1 aromatic rings. The topological polar surface area (TPSA) is 61.8 Å². The van der Waals surface area contributed by atoms with Gasteiger partial charge in [-0.15, -0.1) is 0 Å². The fraction of sp³-hybridized carbons (Fsp3) is 0.455. The first-order valence-electron chi connectivity index (χ1n) is 5.34. The highest BCUT2D eigenvalue weighted by atomic mass is 32.2. The van der Waals surface area contributed by atoms with Crippen LogP contribution in [0.2, 0.25) is 0 Å². The van der Waals surface area contributed by atoms with Crippen LogP contribution in [0.15, 0.2) is 18.2 Å². The maximum atomic E-state index is 12.2. The highest BCUT2D eigenvalue weighted by Gasteiger charge is 2.48. The molecular formula is C11H13F3O5S. The molecule has 1 atom stereocenters. The number of methoxy groups -OCH3 is 2. The lowest BCUT2D eigenvalue weighted by molar-refractivity contribution is -0.0569. The monoisotopic (exact) mass is 314 g/mol. The quantitative estimate of drug-likeness (QED) is 0.617. The van der Waals surface area contributed by atoms with Gasteiger partial charge in [0.15, 0.2) is 11.5 Å². The number of hydrogen-bond donors (Lipinski definition) is 0. The molecule has 1 aromatic carbocycles. The molecule has 5 nitrogen and oxygen atoms in total. The Balaban J connectivity index is 3.02. The van der Waals surface area contributed by atoms with Gasteiger partial charge in [0, 0.05) is 0 Å². The first-order chi connectivity index (χ1) is 9.12. The summed E-state index contributed by atoms with van der Waals surface area (Å²) in [5.41, 5.74) is -5.26. The summed E-state index contributed by atoms with van der Waals surface area (Å²) in [6.45, 7) is 1.19. The van der Waals surface area contributed by atoms with Crippen LogP contribution in [0, 0.1) is 0 Å². The maximum absolute atomic E-state index is 12.2. The molecule has 0 fully saturated rings. The first kappa shape index (κ1) is 16.6. The van der Waals surface area contributed by atoms with E-state index in [0.717, 1.165) is 0 Å². The van der Waals surface area contributed by atoms with Crippen molar-refractivity contribution in [1.82, 2.24) is 0 Å². The lowest BCUT2D eigenvalue weighted by Crippen LogP contribution is -2.26. The van der Waals surface area contributed by atoms with Crippen LogP contribution in [-0.2, 0) is 14.3 Å². The Hall–Kier alpha value is -1.48. The smallest absolute Gasteiger partial charge is 0.493 e. The van der Waals surface area contributed by atoms with Crippen molar-refractivity contribution in [3.63, 3.8) is 0 Å². The van der Waals surface area contributed by atoms with Crippen molar-refractivity contribution in [3.05, 3.63) is 23.8 Å². The predicted octanol–water partition coefficient (Wildman–Crippen LogP) is 2.63. The Kier molecular flexibility index (Phi) is 4.87. The molecule has 0 N–H and O–H groups in total. The van der Waals surface area contributed by atoms with Crippen LogP contribution in [0.3, 0.4) is 0 Å². The van der Waals surface area contributed by atoms with Gasteiger partial charge >= 0.3 is 15.6 Å². The van der Waals surface area contributed by atoms with Gasteiger partial charge in [-0.1, -0.05) is 6.07 Å². The minimum absolute atomic E-state index is 0.204. The van der Waals surface area contributed by atoms with Crippen LogP contribution < -0.4 is 9.47 Å². The van der Waals surface area contributed by atoms with Crippen molar-refractivity contribution in [2.45, 2.75) is 18.5 Å². The van der Waals surface area contributed by atoms with E-state index in [9.17, 15) is 21.6 Å². The Labute approximate surface area is 114 Å². The number of halogens is 3. The Morgan fingerprint density at radius 2 is 1.65 bits per heavy atom. The van der Waals surface area contributed by atoms with Gasteiger partial charge in [-0.25, -0.2) is 0 Å². The maximum Gasteiger partial charge on any atom is 0.523 e. The third kappa shape index (κ3) is 3.54. The standard InChI is InChI=1S/C11H13F3O5S/c1-7(19-20(15,16)11(12,13)14)8-4-5-9(17-2)10(6-8)18-3/h4-7H,1-3H3. The summed E-state index contributed by atoms with van der Waals surface area (Å²) < 4.78 is 72.5. The van der Waals surface area contributed by atoms with E-state index in [1.165, 1.54) is 39.3 Å². The van der Waals surface area contributed by atoms with Crippen LogP contribution in [0.25, 0.3) is 0 Å². The number of benzene rings is 1. The van der Waals surface area contributed by atoms with E-state index in [0.29, 0.717) is 5.75 Å². The lowest BCUT2D eigenvalue weighted by Gasteiger charge is -2.16. The average Bonchev–Trinajstić information content (AvgIpc) is 2.35. The van der Waals surface area contributed by atoms with Crippen LogP contribution in [0.1, 0.15) is 18.6 Å². The normalized spacial score (nSPS) is 13.9. The van der Waals surface area contributed by atoms with Crippen molar-refractivity contribution >= 4 is 10.1 Å². The SMILES string of the molecule is COc1ccc(C(C)OS(=O)(=O)C(F)(F)F)cc1OC. The molecule has 0 bridgehead atoms. The third-order valence-electron chi connectivity index (χ3n) is 2.43. The zero-order valence-corrected chi connectivity index (χ0v) is 11.7. The molecule has 0 aromatic heterocycles. The molecule has 0 aliphatic carbocycles. The van der Waals surface area contributed by atoms with Crippen LogP contribution in [0.5, 0.6) is 11.5 Å². The fourth-order valence-electron chi connectivity index (χ4n) is 1.41. The van der Waals surface area contributed by atoms with Crippen molar-refractivity contribution in [2.24, 2.45) is 0 Å². The van der Waals surface area contributed by atoms with E-state index in [4.69, 9.17) is 9.47 Å². The minimum atomic E-state index is -5.65. The van der Waals surface area contributed by atoms with Gasteiger partial charge < -0.3 is 9.47 Å². The molecule has 0 spiro atoms. The van der Waals surface area contributed by atoms with Gasteiger partial charge in [0.25, 0.3) is 0 Å². The largest absolute Gasteiger partial charge is 0.523 e. The van der Waals surface area contributed by atoms with Gasteiger partial charge in [0.05, 0.1) is 20.3 Å². The second-order valence-electron chi connectivity index (χ2n) is 3.75. The zero-order valence-electron chi connectivity index (χ0n) is 10.9. The molecular weight excluding hydrogens is 301 g/mol. The lowest BCUT2D eigenvalue weighted by atomic mass is 10.1. The molecule has 1 unspecified atom stereocenters. The van der Waals surface area contributed by atoms with E-state index in [2.05, 4.69) is 4.18 Å². The summed E-state index contributed by atoms with van der Waals surface area (Å²) in [7, 11) is -2.91. The van der Waals surface area contributed by atoms with Gasteiger partial charge in [0.1, 0.15) is 0 Å². The number of rotatable bonds is 5. The average molecular weight is 314 g/mol. The molecule has 0 heterocycles. The number of hydrogen-bond acceptors (Lipinski definition) is 5. The highest BCUT2D eigenvalue weighted by Crippen LogP contribution is 2.34. The molecule has 114 valence electrons. The van der Waals surface area contributed by atoms with Gasteiger partial charge in [-0.05, 0) is 24.6 Å². The second-order valence-corrected chi connectivity index (χ2v) is 5.32. The summed E-state index contributed by atoms with van der Waals surface area (Å²) in [5, 5.41) is 0. The molecule has 0 radical (unpaired) electrons. The summed E-state index contributed by atoms with van der Waals surface area (Å²) in [6.07, 6.45) is -1.32. The van der Waals surface area contributed by atoms with Crippen molar-refractivity contribution in [1.29, 1.82) is 0 Å². The van der Waals surface area contributed by atoms with Crippen molar-refractivity contribution < 1.29 is 35.2 Å². The van der Waals surface area contributed by atoms with Crippen LogP contribution in [0.4, 0.5) is 13.2 Å². The molecule has 0 saturated carbocycles. The Morgan fingerprint density at radius 1 is 1.10 bits per heavy atom. The molecule has 9 heteroatoms. The van der Waals surface area contributed by atoms with E-state index < -0.39 is 21.7 Å². The Bertz CT molecular complexity index is 568. The van der Waals surface area contributed by atoms with Crippen LogP contribution in [-0.4, -0.2) is 28.1 Å². The summed E-state index contributed by atoms with van der Waals surface area (Å²) in [6, 6.07) is 4.17. The summed E-state index contributed by atoms with van der Waals surface area (Å²) >= 11 is 0. The van der Waals surface area contributed by atoms with Crippen molar-refractivity contribution in [2.75, 3.05) is 14.2 Å². The van der Waals surface area contributed by atoms with Crippen LogP contribution >= 0.6 is 0 Å². The molecule has 1 rings (SSSR count). The van der Waals surface area contributed by atoms with E-state index in [1.54, 1.807) is 0 Å². The van der Waals surface area contributed by atoms with Gasteiger partial charge in [0.2, 0.25) is 0 Å². The number of alkyl halides is 3. The zero-order chi connectivity index (χ0) is 15.6. The fourth-order valence-corrected chi connectivity index (χ4v) is 2.01. The molecule has 0 amide bonds. The molecule has 0 aliphatic rings. The van der Waals surface area contributed by atoms with E-state index >= 15 is 0 Å². The van der Waals surface area contributed by atoms with Crippen molar-refractivity contribution in [3.8, 4) is 11.5 Å². The summed E-state index contributed by atoms with van der Waals surface area (Å²) in [4.78, 5) is 0. The van der Waals surface area contributed by atoms with Gasteiger partial charge in [-0.2, -0.15) is 21.6 Å². The first-order valence-corrected chi connectivity index (χ1v) is 6.74. The van der Waals surface area contributed by atoms with Gasteiger partial charge in [-0.3, -0.25) is 4.18 Å². The highest BCUT2D eigenvalue weighted by molar-refractivity contribution is 7.87. The summed E-state index contributed by atoms with van der Waals surface area (Å²) in [5.74, 6) is 0.618. The third-order valence-corrected chi connectivity index (χ3v) is 3.54.